The molecule has 3 amide bonds. The van der Waals surface area contributed by atoms with Gasteiger partial charge in [0.2, 0.25) is 0 Å². The number of rotatable bonds is 8. The SMILES string of the molecule is Nc1ccccc1NC(=O)c1ccc(OCCOc2ccc(C=C3SC(=O)NC3=O)cc2)cc1. The highest BCUT2D eigenvalue weighted by atomic mass is 32.2. The molecule has 1 saturated heterocycles. The molecule has 3 aromatic carbocycles. The van der Waals surface area contributed by atoms with Crippen LogP contribution in [-0.4, -0.2) is 30.3 Å². The van der Waals surface area contributed by atoms with Crippen LogP contribution in [-0.2, 0) is 4.79 Å². The Morgan fingerprint density at radius 3 is 2.12 bits per heavy atom. The van der Waals surface area contributed by atoms with Crippen LogP contribution >= 0.6 is 11.8 Å². The molecule has 8 nitrogen and oxygen atoms in total. The first-order valence-corrected chi connectivity index (χ1v) is 11.2. The van der Waals surface area contributed by atoms with E-state index in [1.165, 1.54) is 0 Å². The third kappa shape index (κ3) is 5.96. The Morgan fingerprint density at radius 1 is 0.912 bits per heavy atom. The van der Waals surface area contributed by atoms with E-state index in [0.29, 0.717) is 46.6 Å². The molecule has 0 spiro atoms. The average molecular weight is 476 g/mol. The van der Waals surface area contributed by atoms with Crippen molar-refractivity contribution in [1.29, 1.82) is 0 Å². The molecule has 0 unspecified atom stereocenters. The predicted octanol–water partition coefficient (Wildman–Crippen LogP) is 4.30. The zero-order valence-electron chi connectivity index (χ0n) is 17.9. The molecule has 3 aromatic rings. The van der Waals surface area contributed by atoms with Gasteiger partial charge in [0, 0.05) is 5.56 Å². The topological polar surface area (TPSA) is 120 Å². The van der Waals surface area contributed by atoms with Crippen LogP contribution in [0.15, 0.2) is 77.7 Å². The van der Waals surface area contributed by atoms with Crippen molar-refractivity contribution < 1.29 is 23.9 Å². The summed E-state index contributed by atoms with van der Waals surface area (Å²) in [5.41, 5.74) is 8.19. The summed E-state index contributed by atoms with van der Waals surface area (Å²) in [5.74, 6) is 0.619. The van der Waals surface area contributed by atoms with E-state index in [1.807, 2.05) is 0 Å². The first-order valence-electron chi connectivity index (χ1n) is 10.3. The lowest BCUT2D eigenvalue weighted by molar-refractivity contribution is -0.115. The highest BCUT2D eigenvalue weighted by Crippen LogP contribution is 2.26. The highest BCUT2D eigenvalue weighted by Gasteiger charge is 2.24. The molecule has 1 heterocycles. The number of para-hydroxylation sites is 2. The fraction of sp³-hybridized carbons (Fsp3) is 0.0800. The van der Waals surface area contributed by atoms with Gasteiger partial charge in [-0.1, -0.05) is 24.3 Å². The van der Waals surface area contributed by atoms with Crippen LogP contribution in [0, 0.1) is 0 Å². The first kappa shape index (κ1) is 22.9. The van der Waals surface area contributed by atoms with E-state index in [9.17, 15) is 14.4 Å². The molecule has 34 heavy (non-hydrogen) atoms. The van der Waals surface area contributed by atoms with Gasteiger partial charge in [0.1, 0.15) is 24.7 Å². The number of hydrogen-bond acceptors (Lipinski definition) is 7. The molecule has 1 aliphatic rings. The van der Waals surface area contributed by atoms with E-state index in [-0.39, 0.29) is 17.1 Å². The van der Waals surface area contributed by atoms with Crippen LogP contribution in [0.2, 0.25) is 0 Å². The Labute approximate surface area is 200 Å². The Balaban J connectivity index is 1.22. The Morgan fingerprint density at radius 2 is 1.53 bits per heavy atom. The molecule has 4 N–H and O–H groups in total. The number of benzene rings is 3. The van der Waals surface area contributed by atoms with Crippen LogP contribution in [0.25, 0.3) is 6.08 Å². The van der Waals surface area contributed by atoms with Gasteiger partial charge in [-0.05, 0) is 71.9 Å². The van der Waals surface area contributed by atoms with Crippen LogP contribution in [0.5, 0.6) is 11.5 Å². The van der Waals surface area contributed by atoms with Gasteiger partial charge in [-0.3, -0.25) is 19.7 Å². The molecule has 4 rings (SSSR count). The number of thioether (sulfide) groups is 1. The average Bonchev–Trinajstić information content (AvgIpc) is 3.16. The van der Waals surface area contributed by atoms with Gasteiger partial charge in [-0.15, -0.1) is 0 Å². The van der Waals surface area contributed by atoms with E-state index in [2.05, 4.69) is 10.6 Å². The first-order chi connectivity index (χ1) is 16.5. The maximum atomic E-state index is 12.4. The minimum Gasteiger partial charge on any atom is -0.490 e. The number of ether oxygens (including phenoxy) is 2. The lowest BCUT2D eigenvalue weighted by Crippen LogP contribution is -2.17. The van der Waals surface area contributed by atoms with Crippen LogP contribution in [0.3, 0.4) is 0 Å². The normalized spacial score (nSPS) is 14.1. The zero-order chi connectivity index (χ0) is 23.9. The van der Waals surface area contributed by atoms with Crippen molar-refractivity contribution >= 4 is 46.3 Å². The molecule has 172 valence electrons. The molecule has 1 fully saturated rings. The lowest BCUT2D eigenvalue weighted by Gasteiger charge is -2.10. The third-order valence-electron chi connectivity index (χ3n) is 4.77. The second-order valence-electron chi connectivity index (χ2n) is 7.18. The molecule has 0 bridgehead atoms. The number of nitrogens with two attached hydrogens (primary N) is 1. The second kappa shape index (κ2) is 10.6. The maximum Gasteiger partial charge on any atom is 0.290 e. The molecule has 0 aromatic heterocycles. The van der Waals surface area contributed by atoms with Gasteiger partial charge < -0.3 is 20.5 Å². The van der Waals surface area contributed by atoms with Crippen molar-refractivity contribution in [3.63, 3.8) is 0 Å². The maximum absolute atomic E-state index is 12.4. The van der Waals surface area contributed by atoms with E-state index in [1.54, 1.807) is 78.9 Å². The third-order valence-corrected chi connectivity index (χ3v) is 5.58. The molecule has 1 aliphatic heterocycles. The Hall–Kier alpha value is -4.24. The summed E-state index contributed by atoms with van der Waals surface area (Å²) in [6.07, 6.45) is 1.65. The molecule has 0 saturated carbocycles. The fourth-order valence-electron chi connectivity index (χ4n) is 3.06. The van der Waals surface area contributed by atoms with Crippen molar-refractivity contribution in [2.75, 3.05) is 24.3 Å². The molecular formula is C25H21N3O5S. The summed E-state index contributed by atoms with van der Waals surface area (Å²) in [7, 11) is 0. The van der Waals surface area contributed by atoms with Gasteiger partial charge in [-0.2, -0.15) is 0 Å². The summed E-state index contributed by atoms with van der Waals surface area (Å²) in [5, 5.41) is 4.63. The smallest absolute Gasteiger partial charge is 0.290 e. The van der Waals surface area contributed by atoms with Crippen LogP contribution in [0.4, 0.5) is 16.2 Å². The lowest BCUT2D eigenvalue weighted by atomic mass is 10.2. The number of imide groups is 1. The molecular weight excluding hydrogens is 454 g/mol. The number of carbonyl (C=O) groups is 3. The van der Waals surface area contributed by atoms with Gasteiger partial charge >= 0.3 is 0 Å². The Kier molecular flexibility index (Phi) is 7.14. The van der Waals surface area contributed by atoms with E-state index in [0.717, 1.165) is 17.3 Å². The van der Waals surface area contributed by atoms with Gasteiger partial charge in [0.05, 0.1) is 16.3 Å². The molecule has 0 atom stereocenters. The standard InChI is InChI=1S/C25H21N3O5S/c26-20-3-1-2-4-21(20)27-23(29)17-7-11-19(12-8-17)33-14-13-32-18-9-5-16(6-10-18)15-22-24(30)28-25(31)34-22/h1-12,15H,13-14,26H2,(H,27,29)(H,28,30,31). The van der Waals surface area contributed by atoms with Crippen molar-refractivity contribution in [1.82, 2.24) is 5.32 Å². The number of anilines is 2. The highest BCUT2D eigenvalue weighted by molar-refractivity contribution is 8.18. The van der Waals surface area contributed by atoms with E-state index >= 15 is 0 Å². The van der Waals surface area contributed by atoms with Crippen molar-refractivity contribution in [3.8, 4) is 11.5 Å². The summed E-state index contributed by atoms with van der Waals surface area (Å²) in [6.45, 7) is 0.638. The molecule has 0 radical (unpaired) electrons. The summed E-state index contributed by atoms with van der Waals surface area (Å²) in [4.78, 5) is 35.6. The van der Waals surface area contributed by atoms with Gasteiger partial charge in [0.15, 0.2) is 0 Å². The van der Waals surface area contributed by atoms with Crippen molar-refractivity contribution in [3.05, 3.63) is 88.8 Å². The number of hydrogen-bond donors (Lipinski definition) is 3. The van der Waals surface area contributed by atoms with Crippen molar-refractivity contribution in [2.45, 2.75) is 0 Å². The Bertz CT molecular complexity index is 1240. The summed E-state index contributed by atoms with van der Waals surface area (Å²) in [6, 6.07) is 21.0. The zero-order valence-corrected chi connectivity index (χ0v) is 18.8. The summed E-state index contributed by atoms with van der Waals surface area (Å²) < 4.78 is 11.3. The van der Waals surface area contributed by atoms with E-state index < -0.39 is 0 Å². The number of nitrogen functional groups attached to an aromatic ring is 1. The van der Waals surface area contributed by atoms with Gasteiger partial charge in [0.25, 0.3) is 17.1 Å². The molecule has 9 heteroatoms. The largest absolute Gasteiger partial charge is 0.490 e. The van der Waals surface area contributed by atoms with Crippen LogP contribution in [0.1, 0.15) is 15.9 Å². The quantitative estimate of drug-likeness (QED) is 0.252. The minimum absolute atomic E-state index is 0.259. The number of amides is 3. The predicted molar refractivity (Wildman–Crippen MR) is 132 cm³/mol. The number of nitrogens with one attached hydrogen (secondary N) is 2. The number of carbonyl (C=O) groups excluding carboxylic acids is 3. The summed E-state index contributed by atoms with van der Waals surface area (Å²) >= 11 is 0.877. The minimum atomic E-state index is -0.387. The van der Waals surface area contributed by atoms with E-state index in [4.69, 9.17) is 15.2 Å². The van der Waals surface area contributed by atoms with Crippen molar-refractivity contribution in [2.24, 2.45) is 0 Å². The fourth-order valence-corrected chi connectivity index (χ4v) is 3.74. The monoisotopic (exact) mass is 475 g/mol. The second-order valence-corrected chi connectivity index (χ2v) is 8.20. The van der Waals surface area contributed by atoms with Gasteiger partial charge in [-0.25, -0.2) is 0 Å². The van der Waals surface area contributed by atoms with Crippen LogP contribution < -0.4 is 25.8 Å². The molecule has 0 aliphatic carbocycles.